The summed E-state index contributed by atoms with van der Waals surface area (Å²) in [6.45, 7) is 5.46. The lowest BCUT2D eigenvalue weighted by Gasteiger charge is -2.22. The number of fused-ring (bicyclic) bond motifs is 1. The van der Waals surface area contributed by atoms with Crippen molar-refractivity contribution in [2.24, 2.45) is 0 Å². The molecule has 3 rings (SSSR count). The molecule has 2 aromatic carbocycles. The van der Waals surface area contributed by atoms with Crippen LogP contribution in [-0.2, 0) is 0 Å². The third-order valence-corrected chi connectivity index (χ3v) is 5.31. The van der Waals surface area contributed by atoms with E-state index in [1.165, 1.54) is 16.7 Å². The maximum atomic E-state index is 5.69. The van der Waals surface area contributed by atoms with Crippen molar-refractivity contribution >= 4 is 31.9 Å². The van der Waals surface area contributed by atoms with Gasteiger partial charge in [0.2, 0.25) is 0 Å². The molecular formula is C17H16Br2O2. The fourth-order valence-electron chi connectivity index (χ4n) is 2.55. The van der Waals surface area contributed by atoms with Crippen LogP contribution < -0.4 is 9.47 Å². The summed E-state index contributed by atoms with van der Waals surface area (Å²) < 4.78 is 12.3. The Morgan fingerprint density at radius 1 is 0.952 bits per heavy atom. The average molecular weight is 412 g/mol. The van der Waals surface area contributed by atoms with Crippen molar-refractivity contribution < 1.29 is 9.47 Å². The van der Waals surface area contributed by atoms with E-state index in [0.717, 1.165) is 21.5 Å². The Labute approximate surface area is 141 Å². The van der Waals surface area contributed by atoms with Gasteiger partial charge in [0.05, 0.1) is 4.83 Å². The first kappa shape index (κ1) is 14.9. The summed E-state index contributed by atoms with van der Waals surface area (Å²) in [6.07, 6.45) is 0. The molecule has 0 saturated heterocycles. The minimum Gasteiger partial charge on any atom is -0.486 e. The Hall–Kier alpha value is -1.00. The first-order valence-electron chi connectivity index (χ1n) is 6.86. The number of benzene rings is 2. The third kappa shape index (κ3) is 2.97. The van der Waals surface area contributed by atoms with Crippen molar-refractivity contribution in [1.29, 1.82) is 0 Å². The fraction of sp³-hybridized carbons (Fsp3) is 0.294. The molecule has 2 aromatic rings. The molecule has 0 aromatic heterocycles. The monoisotopic (exact) mass is 410 g/mol. The predicted octanol–water partition coefficient (Wildman–Crippen LogP) is 5.32. The summed E-state index contributed by atoms with van der Waals surface area (Å²) in [5, 5.41) is 0. The minimum atomic E-state index is 0.114. The molecule has 21 heavy (non-hydrogen) atoms. The molecule has 0 spiro atoms. The van der Waals surface area contributed by atoms with Gasteiger partial charge in [-0.15, -0.1) is 0 Å². The molecule has 0 bridgehead atoms. The maximum Gasteiger partial charge on any atom is 0.162 e. The molecule has 1 aliphatic heterocycles. The van der Waals surface area contributed by atoms with E-state index in [1.807, 2.05) is 6.07 Å². The maximum absolute atomic E-state index is 5.69. The van der Waals surface area contributed by atoms with Crippen molar-refractivity contribution in [2.45, 2.75) is 18.7 Å². The van der Waals surface area contributed by atoms with E-state index in [2.05, 4.69) is 70.0 Å². The Kier molecular flexibility index (Phi) is 4.27. The molecule has 1 heterocycles. The van der Waals surface area contributed by atoms with Gasteiger partial charge in [0, 0.05) is 4.47 Å². The zero-order valence-corrected chi connectivity index (χ0v) is 15.1. The van der Waals surface area contributed by atoms with E-state index in [1.54, 1.807) is 0 Å². The molecule has 1 aliphatic rings. The molecule has 0 saturated carbocycles. The number of hydrogen-bond acceptors (Lipinski definition) is 2. The first-order valence-corrected chi connectivity index (χ1v) is 8.57. The highest BCUT2D eigenvalue weighted by Gasteiger charge is 2.21. The van der Waals surface area contributed by atoms with Gasteiger partial charge in [-0.25, -0.2) is 0 Å². The summed E-state index contributed by atoms with van der Waals surface area (Å²) in [4.78, 5) is 0.114. The normalized spacial score (nSPS) is 14.9. The summed E-state index contributed by atoms with van der Waals surface area (Å²) in [5.74, 6) is 1.62. The summed E-state index contributed by atoms with van der Waals surface area (Å²) in [7, 11) is 0. The van der Waals surface area contributed by atoms with Crippen LogP contribution in [0.3, 0.4) is 0 Å². The van der Waals surface area contributed by atoms with E-state index in [4.69, 9.17) is 9.47 Å². The van der Waals surface area contributed by atoms with E-state index in [0.29, 0.717) is 13.2 Å². The van der Waals surface area contributed by atoms with Crippen LogP contribution in [0.4, 0.5) is 0 Å². The van der Waals surface area contributed by atoms with Gasteiger partial charge in [0.1, 0.15) is 13.2 Å². The molecule has 1 atom stereocenters. The Balaban J connectivity index is 2.03. The summed E-state index contributed by atoms with van der Waals surface area (Å²) in [6, 6.07) is 10.6. The molecule has 0 N–H and O–H groups in total. The number of rotatable bonds is 2. The largest absolute Gasteiger partial charge is 0.486 e. The second kappa shape index (κ2) is 6.01. The number of alkyl halides is 1. The van der Waals surface area contributed by atoms with Crippen LogP contribution in [-0.4, -0.2) is 13.2 Å². The highest BCUT2D eigenvalue weighted by Crippen LogP contribution is 2.43. The van der Waals surface area contributed by atoms with Crippen LogP contribution in [0, 0.1) is 13.8 Å². The Morgan fingerprint density at radius 3 is 2.29 bits per heavy atom. The average Bonchev–Trinajstić information content (AvgIpc) is 2.46. The molecule has 0 radical (unpaired) electrons. The molecule has 1 unspecified atom stereocenters. The molecule has 2 nitrogen and oxygen atoms in total. The highest BCUT2D eigenvalue weighted by molar-refractivity contribution is 9.11. The Morgan fingerprint density at radius 2 is 1.62 bits per heavy atom. The van der Waals surface area contributed by atoms with Crippen LogP contribution in [0.5, 0.6) is 11.5 Å². The second-order valence-electron chi connectivity index (χ2n) is 5.24. The molecule has 110 valence electrons. The van der Waals surface area contributed by atoms with Crippen LogP contribution in [0.15, 0.2) is 34.8 Å². The number of hydrogen-bond donors (Lipinski definition) is 0. The van der Waals surface area contributed by atoms with Gasteiger partial charge in [-0.2, -0.15) is 0 Å². The van der Waals surface area contributed by atoms with Crippen molar-refractivity contribution in [1.82, 2.24) is 0 Å². The van der Waals surface area contributed by atoms with E-state index in [-0.39, 0.29) is 4.83 Å². The van der Waals surface area contributed by atoms with Crippen molar-refractivity contribution in [3.05, 3.63) is 57.1 Å². The quantitative estimate of drug-likeness (QED) is 0.622. The zero-order chi connectivity index (χ0) is 15.0. The third-order valence-electron chi connectivity index (χ3n) is 3.63. The van der Waals surface area contributed by atoms with Crippen molar-refractivity contribution in [3.8, 4) is 11.5 Å². The van der Waals surface area contributed by atoms with Crippen molar-refractivity contribution in [3.63, 3.8) is 0 Å². The SMILES string of the molecule is Cc1ccc(C(Br)c2cc3c(cc2Br)OCCO3)c(C)c1. The lowest BCUT2D eigenvalue weighted by atomic mass is 9.98. The van der Waals surface area contributed by atoms with E-state index >= 15 is 0 Å². The number of aryl methyl sites for hydroxylation is 2. The second-order valence-corrected chi connectivity index (χ2v) is 7.01. The van der Waals surface area contributed by atoms with Gasteiger partial charge in [0.15, 0.2) is 11.5 Å². The van der Waals surface area contributed by atoms with Gasteiger partial charge in [-0.1, -0.05) is 55.6 Å². The van der Waals surface area contributed by atoms with Gasteiger partial charge < -0.3 is 9.47 Å². The van der Waals surface area contributed by atoms with E-state index < -0.39 is 0 Å². The molecule has 0 fully saturated rings. The molecule has 0 amide bonds. The zero-order valence-electron chi connectivity index (χ0n) is 12.0. The number of halogens is 2. The van der Waals surface area contributed by atoms with Crippen LogP contribution in [0.2, 0.25) is 0 Å². The molecule has 0 aliphatic carbocycles. The lowest BCUT2D eigenvalue weighted by molar-refractivity contribution is 0.171. The molecular weight excluding hydrogens is 396 g/mol. The highest BCUT2D eigenvalue weighted by atomic mass is 79.9. The van der Waals surface area contributed by atoms with Gasteiger partial charge in [-0.3, -0.25) is 0 Å². The van der Waals surface area contributed by atoms with Crippen LogP contribution >= 0.6 is 31.9 Å². The van der Waals surface area contributed by atoms with Gasteiger partial charge in [-0.05, 0) is 42.7 Å². The lowest BCUT2D eigenvalue weighted by Crippen LogP contribution is -2.15. The smallest absolute Gasteiger partial charge is 0.162 e. The summed E-state index contributed by atoms with van der Waals surface area (Å²) in [5.41, 5.74) is 4.96. The van der Waals surface area contributed by atoms with Crippen molar-refractivity contribution in [2.75, 3.05) is 13.2 Å². The van der Waals surface area contributed by atoms with Crippen LogP contribution in [0.25, 0.3) is 0 Å². The van der Waals surface area contributed by atoms with Gasteiger partial charge >= 0.3 is 0 Å². The Bertz CT molecular complexity index is 683. The topological polar surface area (TPSA) is 18.5 Å². The molecule has 4 heteroatoms. The minimum absolute atomic E-state index is 0.114. The van der Waals surface area contributed by atoms with Gasteiger partial charge in [0.25, 0.3) is 0 Å². The number of ether oxygens (including phenoxy) is 2. The van der Waals surface area contributed by atoms with E-state index in [9.17, 15) is 0 Å². The standard InChI is InChI=1S/C17H16Br2O2/c1-10-3-4-12(11(2)7-10)17(19)13-8-15-16(9-14(13)18)21-6-5-20-15/h3-4,7-9,17H,5-6H2,1-2H3. The summed E-state index contributed by atoms with van der Waals surface area (Å²) >= 11 is 7.47. The van der Waals surface area contributed by atoms with Crippen LogP contribution in [0.1, 0.15) is 27.1 Å². The predicted molar refractivity (Wildman–Crippen MR) is 91.8 cm³/mol. The first-order chi connectivity index (χ1) is 10.1. The fourth-order valence-corrected chi connectivity index (χ4v) is 4.30.